The molecule has 0 fully saturated rings. The fourth-order valence-corrected chi connectivity index (χ4v) is 2.66. The molecule has 0 spiro atoms. The third kappa shape index (κ3) is 5.88. The van der Waals surface area contributed by atoms with E-state index in [1.54, 1.807) is 25.3 Å². The fraction of sp³-hybridized carbons (Fsp3) is 0.300. The number of rotatable bonds is 8. The van der Waals surface area contributed by atoms with Gasteiger partial charge in [0.1, 0.15) is 5.75 Å². The molecule has 1 atom stereocenters. The minimum atomic E-state index is -0.640. The van der Waals surface area contributed by atoms with Gasteiger partial charge in [0.05, 0.1) is 6.21 Å². The smallest absolute Gasteiger partial charge is 0.280 e. The lowest BCUT2D eigenvalue weighted by molar-refractivity contribution is -0.127. The van der Waals surface area contributed by atoms with Crippen molar-refractivity contribution >= 4 is 33.7 Å². The predicted octanol–water partition coefficient (Wildman–Crippen LogP) is 4.21. The van der Waals surface area contributed by atoms with E-state index < -0.39 is 6.10 Å². The van der Waals surface area contributed by atoms with Crippen molar-refractivity contribution < 1.29 is 9.53 Å². The number of anilines is 1. The molecule has 0 aromatic heterocycles. The first-order chi connectivity index (χ1) is 12.5. The summed E-state index contributed by atoms with van der Waals surface area (Å²) in [6.07, 6.45) is 0.981. The van der Waals surface area contributed by atoms with E-state index in [1.165, 1.54) is 5.69 Å². The van der Waals surface area contributed by atoms with Gasteiger partial charge in [0, 0.05) is 23.2 Å². The zero-order chi connectivity index (χ0) is 18.9. The summed E-state index contributed by atoms with van der Waals surface area (Å²) in [6, 6.07) is 15.4. The van der Waals surface area contributed by atoms with E-state index in [0.717, 1.165) is 23.1 Å². The number of hydrogen-bond acceptors (Lipinski definition) is 4. The van der Waals surface area contributed by atoms with Crippen molar-refractivity contribution in [2.75, 3.05) is 18.0 Å². The summed E-state index contributed by atoms with van der Waals surface area (Å²) in [5, 5.41) is 4.01. The van der Waals surface area contributed by atoms with Crippen molar-refractivity contribution in [3.05, 3.63) is 58.6 Å². The van der Waals surface area contributed by atoms with Crippen molar-refractivity contribution in [2.24, 2.45) is 5.10 Å². The average Bonchev–Trinajstić information content (AvgIpc) is 2.65. The van der Waals surface area contributed by atoms with Gasteiger partial charge in [-0.05, 0) is 62.7 Å². The molecule has 0 aliphatic carbocycles. The van der Waals surface area contributed by atoms with E-state index in [9.17, 15) is 4.79 Å². The van der Waals surface area contributed by atoms with Gasteiger partial charge in [-0.25, -0.2) is 5.43 Å². The number of ether oxygens (including phenoxy) is 1. The SMILES string of the molecule is CCN(CC)c1ccc(C=NNC(=O)C(C)Oc2ccc(Br)cc2)cc1. The van der Waals surface area contributed by atoms with Crippen LogP contribution in [0.5, 0.6) is 5.75 Å². The van der Waals surface area contributed by atoms with Crippen LogP contribution in [-0.2, 0) is 4.79 Å². The molecule has 6 heteroatoms. The molecule has 5 nitrogen and oxygen atoms in total. The number of carbonyl (C=O) groups is 1. The molecule has 1 amide bonds. The molecule has 1 N–H and O–H groups in total. The van der Waals surface area contributed by atoms with Crippen molar-refractivity contribution in [1.29, 1.82) is 0 Å². The van der Waals surface area contributed by atoms with Crippen LogP contribution in [0.3, 0.4) is 0 Å². The predicted molar refractivity (Wildman–Crippen MR) is 110 cm³/mol. The first-order valence-electron chi connectivity index (χ1n) is 8.63. The van der Waals surface area contributed by atoms with Gasteiger partial charge in [-0.2, -0.15) is 5.10 Å². The summed E-state index contributed by atoms with van der Waals surface area (Å²) in [7, 11) is 0. The van der Waals surface area contributed by atoms with Crippen molar-refractivity contribution in [2.45, 2.75) is 26.9 Å². The van der Waals surface area contributed by atoms with Crippen LogP contribution in [0, 0.1) is 0 Å². The second-order valence-electron chi connectivity index (χ2n) is 5.71. The summed E-state index contributed by atoms with van der Waals surface area (Å²) in [4.78, 5) is 14.3. The molecule has 138 valence electrons. The van der Waals surface area contributed by atoms with E-state index in [2.05, 4.69) is 57.3 Å². The topological polar surface area (TPSA) is 53.9 Å². The Morgan fingerprint density at radius 3 is 2.35 bits per heavy atom. The lowest BCUT2D eigenvalue weighted by Gasteiger charge is -2.20. The second kappa shape index (κ2) is 9.97. The molecule has 0 saturated heterocycles. The zero-order valence-electron chi connectivity index (χ0n) is 15.3. The lowest BCUT2D eigenvalue weighted by Crippen LogP contribution is -2.33. The highest BCUT2D eigenvalue weighted by atomic mass is 79.9. The monoisotopic (exact) mass is 417 g/mol. The highest BCUT2D eigenvalue weighted by Crippen LogP contribution is 2.17. The number of hydrazone groups is 1. The Kier molecular flexibility index (Phi) is 7.66. The first kappa shape index (κ1) is 20.0. The van der Waals surface area contributed by atoms with Gasteiger partial charge in [-0.3, -0.25) is 4.79 Å². The molecule has 2 aromatic rings. The maximum absolute atomic E-state index is 12.1. The van der Waals surface area contributed by atoms with Gasteiger partial charge in [0.15, 0.2) is 6.10 Å². The third-order valence-corrected chi connectivity index (χ3v) is 4.43. The fourth-order valence-electron chi connectivity index (χ4n) is 2.39. The van der Waals surface area contributed by atoms with Gasteiger partial charge in [0.2, 0.25) is 0 Å². The molecule has 2 rings (SSSR count). The number of benzene rings is 2. The molecule has 0 bridgehead atoms. The molecular formula is C20H24BrN3O2. The van der Waals surface area contributed by atoms with Gasteiger partial charge in [-0.15, -0.1) is 0 Å². The molecular weight excluding hydrogens is 394 g/mol. The van der Waals surface area contributed by atoms with Crippen LogP contribution in [0.15, 0.2) is 58.1 Å². The highest BCUT2D eigenvalue weighted by Gasteiger charge is 2.13. The van der Waals surface area contributed by atoms with Crippen LogP contribution < -0.4 is 15.1 Å². The van der Waals surface area contributed by atoms with Crippen LogP contribution >= 0.6 is 15.9 Å². The molecule has 26 heavy (non-hydrogen) atoms. The van der Waals surface area contributed by atoms with Gasteiger partial charge >= 0.3 is 0 Å². The van der Waals surface area contributed by atoms with Gasteiger partial charge in [0.25, 0.3) is 5.91 Å². The summed E-state index contributed by atoms with van der Waals surface area (Å²) in [5.41, 5.74) is 4.60. The standard InChI is InChI=1S/C20H24BrN3O2/c1-4-24(5-2)18-10-6-16(7-11-18)14-22-23-20(25)15(3)26-19-12-8-17(21)9-13-19/h6-15H,4-5H2,1-3H3,(H,23,25). The second-order valence-corrected chi connectivity index (χ2v) is 6.63. The molecule has 0 heterocycles. The van der Waals surface area contributed by atoms with Crippen LogP contribution in [0.25, 0.3) is 0 Å². The Bertz CT molecular complexity index is 726. The largest absolute Gasteiger partial charge is 0.481 e. The van der Waals surface area contributed by atoms with Crippen LogP contribution in [-0.4, -0.2) is 31.3 Å². The van der Waals surface area contributed by atoms with Crippen LogP contribution in [0.1, 0.15) is 26.3 Å². The Hall–Kier alpha value is -2.34. The summed E-state index contributed by atoms with van der Waals surface area (Å²) >= 11 is 3.36. The molecule has 0 aliphatic rings. The Balaban J connectivity index is 1.86. The highest BCUT2D eigenvalue weighted by molar-refractivity contribution is 9.10. The van der Waals surface area contributed by atoms with Crippen molar-refractivity contribution in [1.82, 2.24) is 5.43 Å². The summed E-state index contributed by atoms with van der Waals surface area (Å²) < 4.78 is 6.55. The Labute approximate surface area is 163 Å². The minimum Gasteiger partial charge on any atom is -0.481 e. The van der Waals surface area contributed by atoms with E-state index in [1.807, 2.05) is 24.3 Å². The number of halogens is 1. The number of nitrogens with one attached hydrogen (secondary N) is 1. The van der Waals surface area contributed by atoms with E-state index >= 15 is 0 Å². The maximum Gasteiger partial charge on any atom is 0.280 e. The first-order valence-corrected chi connectivity index (χ1v) is 9.43. The van der Waals surface area contributed by atoms with Gasteiger partial charge < -0.3 is 9.64 Å². The molecule has 2 aromatic carbocycles. The van der Waals surface area contributed by atoms with E-state index in [4.69, 9.17) is 4.74 Å². The average molecular weight is 418 g/mol. The van der Waals surface area contributed by atoms with Gasteiger partial charge in [-0.1, -0.05) is 28.1 Å². The lowest BCUT2D eigenvalue weighted by atomic mass is 10.2. The third-order valence-electron chi connectivity index (χ3n) is 3.91. The molecule has 1 unspecified atom stereocenters. The Morgan fingerprint density at radius 1 is 1.15 bits per heavy atom. The van der Waals surface area contributed by atoms with Crippen LogP contribution in [0.4, 0.5) is 5.69 Å². The number of carbonyl (C=O) groups excluding carboxylic acids is 1. The van der Waals surface area contributed by atoms with Crippen molar-refractivity contribution in [3.8, 4) is 5.75 Å². The molecule has 0 radical (unpaired) electrons. The normalized spacial score (nSPS) is 12.0. The maximum atomic E-state index is 12.1. The number of nitrogens with zero attached hydrogens (tertiary/aromatic N) is 2. The van der Waals surface area contributed by atoms with Crippen LogP contribution in [0.2, 0.25) is 0 Å². The number of amides is 1. The minimum absolute atomic E-state index is 0.302. The van der Waals surface area contributed by atoms with E-state index in [-0.39, 0.29) is 5.91 Å². The summed E-state index contributed by atoms with van der Waals surface area (Å²) in [6.45, 7) is 7.89. The number of hydrogen-bond donors (Lipinski definition) is 1. The Morgan fingerprint density at radius 2 is 1.77 bits per heavy atom. The zero-order valence-corrected chi connectivity index (χ0v) is 16.9. The van der Waals surface area contributed by atoms with E-state index in [0.29, 0.717) is 5.75 Å². The summed E-state index contributed by atoms with van der Waals surface area (Å²) in [5.74, 6) is 0.329. The molecule has 0 saturated carbocycles. The van der Waals surface area contributed by atoms with Crippen molar-refractivity contribution in [3.63, 3.8) is 0 Å². The quantitative estimate of drug-likeness (QED) is 0.516. The molecule has 0 aliphatic heterocycles.